The van der Waals surface area contributed by atoms with Crippen LogP contribution >= 0.6 is 0 Å². The van der Waals surface area contributed by atoms with Crippen LogP contribution in [-0.2, 0) is 9.59 Å². The van der Waals surface area contributed by atoms with Crippen molar-refractivity contribution in [3.8, 4) is 5.75 Å². The molecule has 2 atom stereocenters. The van der Waals surface area contributed by atoms with Gasteiger partial charge in [-0.05, 0) is 49.7 Å². The number of quaternary nitrogens is 1. The number of benzene rings is 1. The van der Waals surface area contributed by atoms with Gasteiger partial charge in [-0.15, -0.1) is 0 Å². The molecule has 2 aliphatic heterocycles. The van der Waals surface area contributed by atoms with Gasteiger partial charge >= 0.3 is 0 Å². The number of carbonyl (C=O) groups excluding carboxylic acids is 2. The van der Waals surface area contributed by atoms with Crippen LogP contribution < -0.4 is 19.6 Å². The topological polar surface area (TPSA) is 77.3 Å². The summed E-state index contributed by atoms with van der Waals surface area (Å²) >= 11 is 0. The normalized spacial score (nSPS) is 24.8. The lowest BCUT2D eigenvalue weighted by Crippen LogP contribution is -3.15. The molecule has 7 nitrogen and oxygen atoms in total. The minimum absolute atomic E-state index is 0.118. The second-order valence-corrected chi connectivity index (χ2v) is 9.74. The van der Waals surface area contributed by atoms with Crippen LogP contribution in [-0.4, -0.2) is 69.7 Å². The van der Waals surface area contributed by atoms with Crippen LogP contribution in [0.5, 0.6) is 5.75 Å². The molecule has 1 aromatic rings. The molecule has 0 spiro atoms. The molecule has 2 saturated heterocycles. The third-order valence-corrected chi connectivity index (χ3v) is 7.85. The predicted octanol–water partition coefficient (Wildman–Crippen LogP) is 0.195. The monoisotopic (exact) mass is 443 g/mol. The van der Waals surface area contributed by atoms with E-state index in [2.05, 4.69) is 11.0 Å². The van der Waals surface area contributed by atoms with Crippen molar-refractivity contribution in [2.24, 2.45) is 17.8 Å². The first kappa shape index (κ1) is 22.9. The maximum atomic E-state index is 12.8. The van der Waals surface area contributed by atoms with Gasteiger partial charge in [0, 0.05) is 31.4 Å². The average Bonchev–Trinajstić information content (AvgIpc) is 2.77. The molecule has 3 fully saturated rings. The van der Waals surface area contributed by atoms with E-state index in [0.29, 0.717) is 19.0 Å². The van der Waals surface area contributed by atoms with Crippen molar-refractivity contribution in [3.63, 3.8) is 0 Å². The number of rotatable bonds is 8. The molecule has 0 radical (unpaired) electrons. The van der Waals surface area contributed by atoms with Gasteiger partial charge in [-0.1, -0.05) is 18.6 Å². The van der Waals surface area contributed by atoms with Crippen molar-refractivity contribution in [3.05, 3.63) is 24.3 Å². The SMILES string of the molecule is COc1ccccc1N1CC[NH+](CC[C@H]2CN(C(=O)C3CCC3)CC[C@H]2CC(=O)[O-])CC1. The molecular formula is C25H37N3O4. The lowest BCUT2D eigenvalue weighted by molar-refractivity contribution is -0.901. The summed E-state index contributed by atoms with van der Waals surface area (Å²) in [5.41, 5.74) is 1.15. The molecule has 0 aromatic heterocycles. The second-order valence-electron chi connectivity index (χ2n) is 9.74. The van der Waals surface area contributed by atoms with E-state index in [1.165, 1.54) is 0 Å². The van der Waals surface area contributed by atoms with E-state index in [-0.39, 0.29) is 24.2 Å². The van der Waals surface area contributed by atoms with E-state index in [9.17, 15) is 14.7 Å². The van der Waals surface area contributed by atoms with Crippen LogP contribution in [0.4, 0.5) is 5.69 Å². The zero-order valence-electron chi connectivity index (χ0n) is 19.3. The van der Waals surface area contributed by atoms with Crippen molar-refractivity contribution in [2.45, 2.75) is 38.5 Å². The Balaban J connectivity index is 1.30. The standard InChI is InChI=1S/C25H37N3O4/c1-32-23-8-3-2-7-22(23)27-15-13-26(14-16-27)11-9-21-18-28(25(31)19-5-4-6-19)12-10-20(21)17-24(29)30/h2-3,7-8,19-21H,4-6,9-18H2,1H3,(H,29,30)/t20-,21-/m0/s1. The fourth-order valence-corrected chi connectivity index (χ4v) is 5.60. The van der Waals surface area contributed by atoms with Gasteiger partial charge in [0.15, 0.2) is 0 Å². The Morgan fingerprint density at radius 1 is 1.09 bits per heavy atom. The second kappa shape index (κ2) is 10.6. The number of hydrogen-bond donors (Lipinski definition) is 1. The van der Waals surface area contributed by atoms with Crippen LogP contribution in [0, 0.1) is 17.8 Å². The number of carboxylic acids is 1. The number of ether oxygens (including phenoxy) is 1. The van der Waals surface area contributed by atoms with Gasteiger partial charge < -0.3 is 29.3 Å². The number of anilines is 1. The number of carboxylic acid groups (broad SMARTS) is 1. The highest BCUT2D eigenvalue weighted by Gasteiger charge is 2.36. The Hall–Kier alpha value is -2.28. The Bertz CT molecular complexity index is 789. The summed E-state index contributed by atoms with van der Waals surface area (Å²) in [4.78, 5) is 30.0. The number of amides is 1. The van der Waals surface area contributed by atoms with E-state index in [4.69, 9.17) is 4.74 Å². The van der Waals surface area contributed by atoms with Crippen molar-refractivity contribution in [2.75, 3.05) is 57.8 Å². The zero-order chi connectivity index (χ0) is 22.5. The number of likely N-dealkylation sites (tertiary alicyclic amines) is 1. The molecular weight excluding hydrogens is 406 g/mol. The summed E-state index contributed by atoms with van der Waals surface area (Å²) in [6.45, 7) is 6.52. The van der Waals surface area contributed by atoms with E-state index in [1.54, 1.807) is 12.0 Å². The lowest BCUT2D eigenvalue weighted by atomic mass is 9.79. The van der Waals surface area contributed by atoms with E-state index >= 15 is 0 Å². The third kappa shape index (κ3) is 5.37. The van der Waals surface area contributed by atoms with Gasteiger partial charge in [-0.25, -0.2) is 0 Å². The summed E-state index contributed by atoms with van der Waals surface area (Å²) in [6, 6.07) is 8.17. The molecule has 0 bridgehead atoms. The number of piperidine rings is 1. The number of piperazine rings is 1. The number of para-hydroxylation sites is 2. The number of hydrogen-bond acceptors (Lipinski definition) is 5. The van der Waals surface area contributed by atoms with Crippen LogP contribution in [0.25, 0.3) is 0 Å². The third-order valence-electron chi connectivity index (χ3n) is 7.85. The molecule has 2 heterocycles. The van der Waals surface area contributed by atoms with Crippen LogP contribution in [0.2, 0.25) is 0 Å². The summed E-state index contributed by atoms with van der Waals surface area (Å²) < 4.78 is 5.52. The highest BCUT2D eigenvalue weighted by atomic mass is 16.5. The average molecular weight is 444 g/mol. The smallest absolute Gasteiger partial charge is 0.225 e. The highest BCUT2D eigenvalue weighted by molar-refractivity contribution is 5.79. The molecule has 32 heavy (non-hydrogen) atoms. The molecule has 1 N–H and O–H groups in total. The quantitative estimate of drug-likeness (QED) is 0.621. The van der Waals surface area contributed by atoms with Crippen molar-refractivity contribution < 1.29 is 24.3 Å². The number of nitrogens with zero attached hydrogens (tertiary/aromatic N) is 2. The van der Waals surface area contributed by atoms with Gasteiger partial charge in [0.05, 0.1) is 45.5 Å². The molecule has 7 heteroatoms. The van der Waals surface area contributed by atoms with E-state index in [1.807, 2.05) is 23.1 Å². The Morgan fingerprint density at radius 3 is 2.50 bits per heavy atom. The largest absolute Gasteiger partial charge is 0.550 e. The van der Waals surface area contributed by atoms with E-state index in [0.717, 1.165) is 76.3 Å². The number of carbonyl (C=O) groups is 2. The maximum absolute atomic E-state index is 12.8. The van der Waals surface area contributed by atoms with Crippen molar-refractivity contribution in [1.82, 2.24) is 4.90 Å². The zero-order valence-corrected chi connectivity index (χ0v) is 19.3. The fraction of sp³-hybridized carbons (Fsp3) is 0.680. The molecule has 0 unspecified atom stereocenters. The number of aliphatic carboxylic acids is 1. The summed E-state index contributed by atoms with van der Waals surface area (Å²) in [5, 5.41) is 11.3. The molecule has 4 rings (SSSR count). The summed E-state index contributed by atoms with van der Waals surface area (Å²) in [6.07, 6.45) is 5.06. The molecule has 1 amide bonds. The van der Waals surface area contributed by atoms with Crippen LogP contribution in [0.1, 0.15) is 38.5 Å². The van der Waals surface area contributed by atoms with Gasteiger partial charge in [0.1, 0.15) is 5.75 Å². The first-order chi connectivity index (χ1) is 15.5. The molecule has 1 saturated carbocycles. The minimum atomic E-state index is -0.962. The summed E-state index contributed by atoms with van der Waals surface area (Å²) in [7, 11) is 1.71. The minimum Gasteiger partial charge on any atom is -0.550 e. The maximum Gasteiger partial charge on any atom is 0.225 e. The Morgan fingerprint density at radius 2 is 1.84 bits per heavy atom. The van der Waals surface area contributed by atoms with Gasteiger partial charge in [0.2, 0.25) is 5.91 Å². The Labute approximate surface area is 191 Å². The van der Waals surface area contributed by atoms with Gasteiger partial charge in [-0.2, -0.15) is 0 Å². The van der Waals surface area contributed by atoms with E-state index < -0.39 is 5.97 Å². The van der Waals surface area contributed by atoms with Crippen LogP contribution in [0.3, 0.4) is 0 Å². The summed E-state index contributed by atoms with van der Waals surface area (Å²) in [5.74, 6) is 0.842. The molecule has 1 aliphatic carbocycles. The van der Waals surface area contributed by atoms with Crippen molar-refractivity contribution in [1.29, 1.82) is 0 Å². The first-order valence-corrected chi connectivity index (χ1v) is 12.2. The van der Waals surface area contributed by atoms with Crippen molar-refractivity contribution >= 4 is 17.6 Å². The number of methoxy groups -OCH3 is 1. The van der Waals surface area contributed by atoms with Gasteiger partial charge in [-0.3, -0.25) is 4.79 Å². The molecule has 3 aliphatic rings. The highest BCUT2D eigenvalue weighted by Crippen LogP contribution is 2.33. The van der Waals surface area contributed by atoms with Crippen LogP contribution in [0.15, 0.2) is 24.3 Å². The van der Waals surface area contributed by atoms with Gasteiger partial charge in [0.25, 0.3) is 0 Å². The lowest BCUT2D eigenvalue weighted by Gasteiger charge is -2.42. The molecule has 176 valence electrons. The number of nitrogens with one attached hydrogen (secondary N) is 1. The predicted molar refractivity (Wildman–Crippen MR) is 121 cm³/mol. The first-order valence-electron chi connectivity index (χ1n) is 12.2. The fourth-order valence-electron chi connectivity index (χ4n) is 5.60. The molecule has 1 aromatic carbocycles. The Kier molecular flexibility index (Phi) is 7.55.